The van der Waals surface area contributed by atoms with E-state index in [1.54, 1.807) is 12.3 Å². The van der Waals surface area contributed by atoms with Crippen LogP contribution in [0.4, 0.5) is 18.9 Å². The molecule has 1 aromatic carbocycles. The molecule has 1 radical (unpaired) electrons. The maximum absolute atomic E-state index is 12.2. The molecule has 0 saturated heterocycles. The molecule has 0 aliphatic heterocycles. The van der Waals surface area contributed by atoms with Crippen molar-refractivity contribution in [3.63, 3.8) is 0 Å². The topological polar surface area (TPSA) is 12.0 Å². The summed E-state index contributed by atoms with van der Waals surface area (Å²) in [7, 11) is 0. The highest BCUT2D eigenvalue weighted by Gasteiger charge is 2.29. The summed E-state index contributed by atoms with van der Waals surface area (Å²) in [5, 5.41) is 2.84. The molecule has 1 aromatic rings. The molecule has 1 rings (SSSR count). The number of rotatable bonds is 3. The largest absolute Gasteiger partial charge is 0.416 e. The van der Waals surface area contributed by atoms with Crippen LogP contribution in [0.1, 0.15) is 12.0 Å². The van der Waals surface area contributed by atoms with Crippen molar-refractivity contribution in [2.45, 2.75) is 12.6 Å². The van der Waals surface area contributed by atoms with Gasteiger partial charge in [0.15, 0.2) is 0 Å². The third kappa shape index (κ3) is 3.65. The normalized spacial score (nSPS) is 12.0. The lowest BCUT2D eigenvalue weighted by molar-refractivity contribution is -0.137. The minimum absolute atomic E-state index is 0.618. The van der Waals surface area contributed by atoms with Gasteiger partial charge in [-0.05, 0) is 43.8 Å². The Bertz CT molecular complexity index is 325. The molecule has 81 valence electrons. The van der Waals surface area contributed by atoms with Crippen molar-refractivity contribution in [1.29, 1.82) is 0 Å². The summed E-state index contributed by atoms with van der Waals surface area (Å²) < 4.78 is 36.6. The Labute approximate surface area is 86.6 Å². The lowest BCUT2D eigenvalue weighted by atomic mass is 10.2. The predicted octanol–water partition coefficient (Wildman–Crippen LogP) is 3.86. The van der Waals surface area contributed by atoms with E-state index in [9.17, 15) is 13.2 Å². The summed E-state index contributed by atoms with van der Waals surface area (Å²) in [6, 6.07) is 4.85. The fourth-order valence-corrected chi connectivity index (χ4v) is 0.994. The Hall–Kier alpha value is -1.45. The van der Waals surface area contributed by atoms with Gasteiger partial charge in [0.1, 0.15) is 0 Å². The Morgan fingerprint density at radius 1 is 1.20 bits per heavy atom. The number of anilines is 1. The highest BCUT2D eigenvalue weighted by atomic mass is 19.4. The first-order chi connectivity index (χ1) is 7.04. The predicted molar refractivity (Wildman–Crippen MR) is 54.2 cm³/mol. The Morgan fingerprint density at radius 2 is 1.80 bits per heavy atom. The summed E-state index contributed by atoms with van der Waals surface area (Å²) >= 11 is 0. The van der Waals surface area contributed by atoms with Crippen molar-refractivity contribution in [3.8, 4) is 0 Å². The van der Waals surface area contributed by atoms with Crippen LogP contribution in [-0.2, 0) is 6.18 Å². The zero-order valence-electron chi connectivity index (χ0n) is 8.01. The standard InChI is InChI=1S/C11H11F3N/c1-2-3-8-15-10-6-4-9(5-7-10)11(12,13)14/h3-8,15H,1-2H2. The van der Waals surface area contributed by atoms with Crippen molar-refractivity contribution in [2.24, 2.45) is 0 Å². The maximum atomic E-state index is 12.2. The van der Waals surface area contributed by atoms with E-state index in [0.717, 1.165) is 12.1 Å². The van der Waals surface area contributed by atoms with E-state index in [1.165, 1.54) is 12.1 Å². The van der Waals surface area contributed by atoms with Gasteiger partial charge in [-0.15, -0.1) is 0 Å². The third-order valence-corrected chi connectivity index (χ3v) is 1.75. The second-order valence-electron chi connectivity index (χ2n) is 2.91. The first kappa shape index (κ1) is 11.6. The molecule has 0 unspecified atom stereocenters. The van der Waals surface area contributed by atoms with Gasteiger partial charge in [-0.25, -0.2) is 0 Å². The molecule has 0 amide bonds. The second-order valence-corrected chi connectivity index (χ2v) is 2.91. The molecule has 4 heteroatoms. The van der Waals surface area contributed by atoms with E-state index in [2.05, 4.69) is 12.2 Å². The number of halogens is 3. The molecule has 0 heterocycles. The van der Waals surface area contributed by atoms with Crippen LogP contribution in [0, 0.1) is 6.92 Å². The van der Waals surface area contributed by atoms with E-state index in [4.69, 9.17) is 0 Å². The van der Waals surface area contributed by atoms with Crippen LogP contribution >= 0.6 is 0 Å². The zero-order valence-corrected chi connectivity index (χ0v) is 8.01. The Balaban J connectivity index is 2.69. The van der Waals surface area contributed by atoms with Crippen LogP contribution in [0.2, 0.25) is 0 Å². The Morgan fingerprint density at radius 3 is 2.27 bits per heavy atom. The average molecular weight is 214 g/mol. The van der Waals surface area contributed by atoms with Gasteiger partial charge < -0.3 is 5.32 Å². The third-order valence-electron chi connectivity index (χ3n) is 1.75. The molecule has 0 bridgehead atoms. The van der Waals surface area contributed by atoms with E-state index >= 15 is 0 Å². The molecular formula is C11H11F3N. The minimum atomic E-state index is -4.28. The molecule has 0 aromatic heterocycles. The first-order valence-electron chi connectivity index (χ1n) is 4.42. The molecule has 0 saturated carbocycles. The fraction of sp³-hybridized carbons (Fsp3) is 0.182. The molecule has 0 aliphatic carbocycles. The summed E-state index contributed by atoms with van der Waals surface area (Å²) in [6.07, 6.45) is -0.220. The molecular weight excluding hydrogens is 203 g/mol. The van der Waals surface area contributed by atoms with E-state index in [1.807, 2.05) is 0 Å². The summed E-state index contributed by atoms with van der Waals surface area (Å²) in [4.78, 5) is 0. The quantitative estimate of drug-likeness (QED) is 0.805. The van der Waals surface area contributed by atoms with Crippen LogP contribution in [0.15, 0.2) is 36.5 Å². The maximum Gasteiger partial charge on any atom is 0.416 e. The number of hydrogen-bond acceptors (Lipinski definition) is 1. The zero-order chi connectivity index (χ0) is 11.3. The van der Waals surface area contributed by atoms with Crippen molar-refractivity contribution in [2.75, 3.05) is 5.32 Å². The van der Waals surface area contributed by atoms with Crippen LogP contribution in [0.25, 0.3) is 0 Å². The molecule has 0 atom stereocenters. The number of alkyl halides is 3. The molecule has 0 fully saturated rings. The summed E-state index contributed by atoms with van der Waals surface area (Å²) in [6.45, 7) is 3.59. The number of hydrogen-bond donors (Lipinski definition) is 1. The molecule has 0 aliphatic rings. The molecule has 1 N–H and O–H groups in total. The lowest BCUT2D eigenvalue weighted by Crippen LogP contribution is -2.04. The van der Waals surface area contributed by atoms with Crippen LogP contribution in [0.3, 0.4) is 0 Å². The fourth-order valence-electron chi connectivity index (χ4n) is 0.994. The lowest BCUT2D eigenvalue weighted by Gasteiger charge is -2.07. The van der Waals surface area contributed by atoms with Gasteiger partial charge in [0.2, 0.25) is 0 Å². The van der Waals surface area contributed by atoms with E-state index in [0.29, 0.717) is 12.1 Å². The molecule has 15 heavy (non-hydrogen) atoms. The Kier molecular flexibility index (Phi) is 3.77. The first-order valence-corrected chi connectivity index (χ1v) is 4.42. The number of nitrogens with one attached hydrogen (secondary N) is 1. The smallest absolute Gasteiger partial charge is 0.362 e. The van der Waals surface area contributed by atoms with Gasteiger partial charge in [0.05, 0.1) is 5.56 Å². The highest BCUT2D eigenvalue weighted by molar-refractivity contribution is 5.47. The van der Waals surface area contributed by atoms with Gasteiger partial charge >= 0.3 is 6.18 Å². The summed E-state index contributed by atoms with van der Waals surface area (Å²) in [5.41, 5.74) is -0.0260. The van der Waals surface area contributed by atoms with Crippen molar-refractivity contribution >= 4 is 5.69 Å². The van der Waals surface area contributed by atoms with Crippen molar-refractivity contribution in [3.05, 3.63) is 49.0 Å². The second kappa shape index (κ2) is 4.87. The summed E-state index contributed by atoms with van der Waals surface area (Å²) in [5.74, 6) is 0. The average Bonchev–Trinajstić information content (AvgIpc) is 2.18. The van der Waals surface area contributed by atoms with Gasteiger partial charge in [-0.2, -0.15) is 13.2 Å². The van der Waals surface area contributed by atoms with Gasteiger partial charge in [0.25, 0.3) is 0 Å². The minimum Gasteiger partial charge on any atom is -0.362 e. The van der Waals surface area contributed by atoms with Crippen molar-refractivity contribution in [1.82, 2.24) is 0 Å². The highest BCUT2D eigenvalue weighted by Crippen LogP contribution is 2.29. The SMILES string of the molecule is [CH2]CC=CNc1ccc(C(F)(F)F)cc1. The number of allylic oxidation sites excluding steroid dienone is 1. The van der Waals surface area contributed by atoms with E-state index in [-0.39, 0.29) is 0 Å². The van der Waals surface area contributed by atoms with Gasteiger partial charge in [-0.3, -0.25) is 0 Å². The van der Waals surface area contributed by atoms with Crippen LogP contribution < -0.4 is 5.32 Å². The van der Waals surface area contributed by atoms with E-state index < -0.39 is 11.7 Å². The number of benzene rings is 1. The van der Waals surface area contributed by atoms with Gasteiger partial charge in [0, 0.05) is 5.69 Å². The molecule has 1 nitrogen and oxygen atoms in total. The van der Waals surface area contributed by atoms with Gasteiger partial charge in [-0.1, -0.05) is 6.08 Å². The van der Waals surface area contributed by atoms with Crippen LogP contribution in [-0.4, -0.2) is 0 Å². The molecule has 0 spiro atoms. The van der Waals surface area contributed by atoms with Crippen molar-refractivity contribution < 1.29 is 13.2 Å². The van der Waals surface area contributed by atoms with Crippen LogP contribution in [0.5, 0.6) is 0 Å². The monoisotopic (exact) mass is 214 g/mol.